The third kappa shape index (κ3) is 4.95. The van der Waals surface area contributed by atoms with Gasteiger partial charge in [0.15, 0.2) is 5.13 Å². The van der Waals surface area contributed by atoms with Crippen molar-refractivity contribution in [3.63, 3.8) is 0 Å². The number of ether oxygens (including phenoxy) is 1. The largest absolute Gasteiger partial charge is 0.459 e. The lowest BCUT2D eigenvalue weighted by atomic mass is 10.0. The lowest BCUT2D eigenvalue weighted by molar-refractivity contribution is -0.149. The molecule has 2 aliphatic rings. The van der Waals surface area contributed by atoms with Gasteiger partial charge in [0, 0.05) is 31.3 Å². The Morgan fingerprint density at radius 3 is 2.48 bits per heavy atom. The summed E-state index contributed by atoms with van der Waals surface area (Å²) in [6.07, 6.45) is 4.58. The van der Waals surface area contributed by atoms with E-state index in [-0.39, 0.29) is 36.9 Å². The zero-order valence-corrected chi connectivity index (χ0v) is 20.5. The highest BCUT2D eigenvalue weighted by atomic mass is 32.1. The molecular formula is C25H31N3O4S. The zero-order chi connectivity index (χ0) is 23.7. The molecule has 1 atom stereocenters. The highest BCUT2D eigenvalue weighted by molar-refractivity contribution is 7.14. The normalized spacial score (nSPS) is 18.7. The van der Waals surface area contributed by atoms with Gasteiger partial charge in [0.25, 0.3) is 0 Å². The molecule has 0 spiro atoms. The van der Waals surface area contributed by atoms with Crippen molar-refractivity contribution >= 4 is 39.9 Å². The second kappa shape index (κ2) is 9.63. The Bertz CT molecular complexity index is 1050. The van der Waals surface area contributed by atoms with E-state index in [9.17, 15) is 14.4 Å². The summed E-state index contributed by atoms with van der Waals surface area (Å²) in [5.41, 5.74) is 4.57. The Hall–Kier alpha value is -2.74. The molecule has 2 amide bonds. The number of carbonyl (C=O) groups excluding carboxylic acids is 3. The minimum Gasteiger partial charge on any atom is -0.459 e. The summed E-state index contributed by atoms with van der Waals surface area (Å²) in [6, 6.07) is 4.38. The van der Waals surface area contributed by atoms with Crippen LogP contribution in [0.4, 0.5) is 10.8 Å². The van der Waals surface area contributed by atoms with Crippen LogP contribution in [0.3, 0.4) is 0 Å². The zero-order valence-electron chi connectivity index (χ0n) is 19.7. The predicted octanol–water partition coefficient (Wildman–Crippen LogP) is 4.59. The highest BCUT2D eigenvalue weighted by Crippen LogP contribution is 2.35. The number of amides is 2. The van der Waals surface area contributed by atoms with Crippen molar-refractivity contribution in [1.82, 2.24) is 9.88 Å². The van der Waals surface area contributed by atoms with E-state index < -0.39 is 5.92 Å². The van der Waals surface area contributed by atoms with Crippen molar-refractivity contribution in [2.24, 2.45) is 5.92 Å². The minimum absolute atomic E-state index is 0.0288. The maximum atomic E-state index is 12.6. The van der Waals surface area contributed by atoms with Crippen LogP contribution >= 0.6 is 11.3 Å². The van der Waals surface area contributed by atoms with E-state index in [0.717, 1.165) is 48.1 Å². The Morgan fingerprint density at radius 2 is 1.85 bits per heavy atom. The fraction of sp³-hybridized carbons (Fsp3) is 0.520. The third-order valence-electron chi connectivity index (χ3n) is 6.52. The van der Waals surface area contributed by atoms with Crippen LogP contribution in [0.5, 0.6) is 0 Å². The van der Waals surface area contributed by atoms with Crippen molar-refractivity contribution in [3.8, 4) is 0 Å². The van der Waals surface area contributed by atoms with Gasteiger partial charge in [-0.1, -0.05) is 30.5 Å². The summed E-state index contributed by atoms with van der Waals surface area (Å²) in [6.45, 7) is 8.00. The quantitative estimate of drug-likeness (QED) is 0.578. The van der Waals surface area contributed by atoms with Crippen LogP contribution in [0.2, 0.25) is 0 Å². The molecule has 1 aromatic heterocycles. The molecule has 7 nitrogen and oxygen atoms in total. The first kappa shape index (κ1) is 23.4. The molecule has 0 N–H and O–H groups in total. The molecule has 1 aromatic carbocycles. The summed E-state index contributed by atoms with van der Waals surface area (Å²) >= 11 is 1.34. The highest BCUT2D eigenvalue weighted by Gasteiger charge is 2.39. The molecule has 1 aliphatic carbocycles. The molecule has 0 unspecified atom stereocenters. The molecule has 176 valence electrons. The number of rotatable bonds is 6. The molecule has 2 heterocycles. The van der Waals surface area contributed by atoms with Gasteiger partial charge in [-0.05, 0) is 44.7 Å². The van der Waals surface area contributed by atoms with Gasteiger partial charge in [0.2, 0.25) is 11.8 Å². The van der Waals surface area contributed by atoms with Gasteiger partial charge in [0.1, 0.15) is 6.61 Å². The maximum absolute atomic E-state index is 12.6. The standard InChI is InChI=1S/C25H31N3O4S/c1-15-9-16(2)23(17(3)10-15)28(18(4)29)25-26-20(14-33-25)13-32-24(31)19-11-22(30)27(12-19)21-7-5-6-8-21/h9-10,14,19,21H,5-8,11-13H2,1-4H3/t19-/m1/s1. The molecule has 0 radical (unpaired) electrons. The number of hydrogen-bond acceptors (Lipinski definition) is 6. The van der Waals surface area contributed by atoms with Crippen LogP contribution in [0.25, 0.3) is 0 Å². The molecular weight excluding hydrogens is 438 g/mol. The molecule has 33 heavy (non-hydrogen) atoms. The molecule has 4 rings (SSSR count). The molecule has 8 heteroatoms. The van der Waals surface area contributed by atoms with E-state index in [1.807, 2.05) is 43.2 Å². The number of aryl methyl sites for hydroxylation is 3. The van der Waals surface area contributed by atoms with Crippen molar-refractivity contribution in [3.05, 3.63) is 39.9 Å². The van der Waals surface area contributed by atoms with Crippen LogP contribution in [0.15, 0.2) is 17.5 Å². The monoisotopic (exact) mass is 469 g/mol. The van der Waals surface area contributed by atoms with E-state index >= 15 is 0 Å². The molecule has 2 aromatic rings. The van der Waals surface area contributed by atoms with E-state index in [1.165, 1.54) is 18.3 Å². The number of aromatic nitrogens is 1. The van der Waals surface area contributed by atoms with Gasteiger partial charge < -0.3 is 9.64 Å². The first-order chi connectivity index (χ1) is 15.7. The van der Waals surface area contributed by atoms with Gasteiger partial charge in [0.05, 0.1) is 17.3 Å². The fourth-order valence-corrected chi connectivity index (χ4v) is 5.96. The van der Waals surface area contributed by atoms with Crippen LogP contribution in [0, 0.1) is 26.7 Å². The van der Waals surface area contributed by atoms with Crippen molar-refractivity contribution in [1.29, 1.82) is 0 Å². The summed E-state index contributed by atoms with van der Waals surface area (Å²) in [5.74, 6) is -0.838. The summed E-state index contributed by atoms with van der Waals surface area (Å²) in [7, 11) is 0. The van der Waals surface area contributed by atoms with Gasteiger partial charge >= 0.3 is 5.97 Å². The summed E-state index contributed by atoms with van der Waals surface area (Å²) < 4.78 is 5.52. The molecule has 0 bridgehead atoms. The van der Waals surface area contributed by atoms with Crippen LogP contribution in [-0.4, -0.2) is 40.3 Å². The van der Waals surface area contributed by atoms with Crippen molar-refractivity contribution in [2.45, 2.75) is 72.4 Å². The van der Waals surface area contributed by atoms with E-state index in [2.05, 4.69) is 4.98 Å². The van der Waals surface area contributed by atoms with Crippen molar-refractivity contribution in [2.75, 3.05) is 11.4 Å². The SMILES string of the molecule is CC(=O)N(c1nc(COC(=O)[C@@H]2CC(=O)N(C3CCCC3)C2)cs1)c1c(C)cc(C)cc1C. The van der Waals surface area contributed by atoms with Gasteiger partial charge in [-0.15, -0.1) is 11.3 Å². The first-order valence-corrected chi connectivity index (χ1v) is 12.4. The lowest BCUT2D eigenvalue weighted by Gasteiger charge is -2.23. The smallest absolute Gasteiger partial charge is 0.311 e. The van der Waals surface area contributed by atoms with E-state index in [1.54, 1.807) is 4.90 Å². The van der Waals surface area contributed by atoms with Gasteiger partial charge in [-0.3, -0.25) is 19.3 Å². The number of hydrogen-bond donors (Lipinski definition) is 0. The van der Waals surface area contributed by atoms with Gasteiger partial charge in [-0.25, -0.2) is 4.98 Å². The van der Waals surface area contributed by atoms with Gasteiger partial charge in [-0.2, -0.15) is 0 Å². The maximum Gasteiger partial charge on any atom is 0.311 e. The minimum atomic E-state index is -0.414. The third-order valence-corrected chi connectivity index (χ3v) is 7.40. The number of nitrogens with zero attached hydrogens (tertiary/aromatic N) is 3. The number of benzene rings is 1. The topological polar surface area (TPSA) is 79.8 Å². The van der Waals surface area contributed by atoms with Crippen LogP contribution in [0.1, 0.15) is 61.4 Å². The van der Waals surface area contributed by atoms with E-state index in [0.29, 0.717) is 17.4 Å². The number of esters is 1. The lowest BCUT2D eigenvalue weighted by Crippen LogP contribution is -2.35. The van der Waals surface area contributed by atoms with Crippen molar-refractivity contribution < 1.29 is 19.1 Å². The number of anilines is 2. The number of carbonyl (C=O) groups is 3. The molecule has 1 aliphatic heterocycles. The van der Waals surface area contributed by atoms with Crippen LogP contribution in [-0.2, 0) is 25.7 Å². The molecule has 1 saturated carbocycles. The van der Waals surface area contributed by atoms with E-state index in [4.69, 9.17) is 4.74 Å². The molecule has 1 saturated heterocycles. The Morgan fingerprint density at radius 1 is 1.18 bits per heavy atom. The number of thiazole rings is 1. The second-order valence-corrected chi connectivity index (χ2v) is 10.1. The number of likely N-dealkylation sites (tertiary alicyclic amines) is 1. The Labute approximate surface area is 198 Å². The fourth-order valence-electron chi connectivity index (χ4n) is 5.10. The Kier molecular flexibility index (Phi) is 6.83. The summed E-state index contributed by atoms with van der Waals surface area (Å²) in [5, 5.41) is 2.36. The molecule has 2 fully saturated rings. The average Bonchev–Trinajstić information content (AvgIpc) is 3.49. The average molecular weight is 470 g/mol. The first-order valence-electron chi connectivity index (χ1n) is 11.5. The van der Waals surface area contributed by atoms with Crippen LogP contribution < -0.4 is 4.90 Å². The Balaban J connectivity index is 1.41. The summed E-state index contributed by atoms with van der Waals surface area (Å²) in [4.78, 5) is 45.6. The second-order valence-electron chi connectivity index (χ2n) is 9.22. The predicted molar refractivity (Wildman–Crippen MR) is 127 cm³/mol.